The van der Waals surface area contributed by atoms with Gasteiger partial charge in [-0.1, -0.05) is 15.9 Å². The highest BCUT2D eigenvalue weighted by molar-refractivity contribution is 9.10. The molecule has 0 saturated heterocycles. The smallest absolute Gasteiger partial charge is 0.128 e. The van der Waals surface area contributed by atoms with Crippen LogP contribution in [0.4, 0.5) is 4.39 Å². The molecule has 1 aromatic carbocycles. The third kappa shape index (κ3) is 3.65. The highest BCUT2D eigenvalue weighted by Crippen LogP contribution is 2.23. The molecule has 1 nitrogen and oxygen atoms in total. The molecule has 0 heterocycles. The van der Waals surface area contributed by atoms with Gasteiger partial charge in [0.1, 0.15) is 5.82 Å². The standard InChI is InChI=1S/C12H13BrFN/c1-2-3-4-5-12(15)10-8-9(13)6-7-11(10)14/h1,6-8,12H,3-5,15H2. The quantitative estimate of drug-likeness (QED) is 0.658. The second-order valence-corrected chi connectivity index (χ2v) is 4.28. The van der Waals surface area contributed by atoms with Gasteiger partial charge in [0.05, 0.1) is 0 Å². The van der Waals surface area contributed by atoms with Crippen LogP contribution in [0.25, 0.3) is 0 Å². The summed E-state index contributed by atoms with van der Waals surface area (Å²) in [7, 11) is 0. The van der Waals surface area contributed by atoms with Crippen molar-refractivity contribution in [3.63, 3.8) is 0 Å². The van der Waals surface area contributed by atoms with Gasteiger partial charge in [-0.3, -0.25) is 0 Å². The van der Waals surface area contributed by atoms with Crippen LogP contribution in [-0.2, 0) is 0 Å². The van der Waals surface area contributed by atoms with Crippen molar-refractivity contribution < 1.29 is 4.39 Å². The highest BCUT2D eigenvalue weighted by Gasteiger charge is 2.11. The molecule has 3 heteroatoms. The Balaban J connectivity index is 2.69. The summed E-state index contributed by atoms with van der Waals surface area (Å²) in [5, 5.41) is 0. The molecule has 0 aromatic heterocycles. The number of unbranched alkanes of at least 4 members (excludes halogenated alkanes) is 1. The number of halogens is 2. The molecular formula is C12H13BrFN. The monoisotopic (exact) mass is 269 g/mol. The number of terminal acetylenes is 1. The van der Waals surface area contributed by atoms with Crippen LogP contribution in [0.15, 0.2) is 22.7 Å². The van der Waals surface area contributed by atoms with E-state index in [2.05, 4.69) is 21.9 Å². The molecule has 1 rings (SSSR count). The van der Waals surface area contributed by atoms with Crippen LogP contribution in [0.2, 0.25) is 0 Å². The van der Waals surface area contributed by atoms with E-state index in [1.165, 1.54) is 6.07 Å². The van der Waals surface area contributed by atoms with E-state index in [4.69, 9.17) is 12.2 Å². The summed E-state index contributed by atoms with van der Waals surface area (Å²) >= 11 is 3.29. The first-order valence-corrected chi connectivity index (χ1v) is 5.58. The number of nitrogens with two attached hydrogens (primary N) is 1. The van der Waals surface area contributed by atoms with Gasteiger partial charge in [0.15, 0.2) is 0 Å². The van der Waals surface area contributed by atoms with E-state index in [0.717, 1.165) is 10.9 Å². The lowest BCUT2D eigenvalue weighted by Crippen LogP contribution is -2.12. The molecule has 15 heavy (non-hydrogen) atoms. The number of benzene rings is 1. The van der Waals surface area contributed by atoms with Gasteiger partial charge in [-0.2, -0.15) is 0 Å². The first-order chi connectivity index (χ1) is 7.15. The molecule has 0 aliphatic heterocycles. The van der Waals surface area contributed by atoms with Crippen molar-refractivity contribution in [2.24, 2.45) is 5.73 Å². The molecule has 0 saturated carbocycles. The molecular weight excluding hydrogens is 257 g/mol. The summed E-state index contributed by atoms with van der Waals surface area (Å²) in [6, 6.07) is 4.51. The third-order valence-electron chi connectivity index (χ3n) is 2.19. The maximum atomic E-state index is 13.4. The van der Waals surface area contributed by atoms with Gasteiger partial charge in [-0.15, -0.1) is 12.3 Å². The number of rotatable bonds is 4. The summed E-state index contributed by atoms with van der Waals surface area (Å²) in [5.41, 5.74) is 6.42. The molecule has 1 unspecified atom stereocenters. The third-order valence-corrected chi connectivity index (χ3v) is 2.69. The fraction of sp³-hybridized carbons (Fsp3) is 0.333. The lowest BCUT2D eigenvalue weighted by molar-refractivity contribution is 0.553. The van der Waals surface area contributed by atoms with Crippen molar-refractivity contribution >= 4 is 15.9 Å². The Labute approximate surface area is 98.0 Å². The fourth-order valence-electron chi connectivity index (χ4n) is 1.38. The first kappa shape index (κ1) is 12.2. The zero-order valence-electron chi connectivity index (χ0n) is 8.34. The minimum Gasteiger partial charge on any atom is -0.324 e. The zero-order chi connectivity index (χ0) is 11.3. The summed E-state index contributed by atoms with van der Waals surface area (Å²) < 4.78 is 14.2. The second-order valence-electron chi connectivity index (χ2n) is 3.37. The minimum atomic E-state index is -0.282. The number of hydrogen-bond acceptors (Lipinski definition) is 1. The summed E-state index contributed by atoms with van der Waals surface area (Å²) in [6.07, 6.45) is 7.35. The predicted molar refractivity (Wildman–Crippen MR) is 63.7 cm³/mol. The van der Waals surface area contributed by atoms with Gasteiger partial charge in [0, 0.05) is 22.5 Å². The van der Waals surface area contributed by atoms with Crippen LogP contribution in [0.5, 0.6) is 0 Å². The van der Waals surface area contributed by atoms with E-state index < -0.39 is 0 Å². The van der Waals surface area contributed by atoms with Crippen LogP contribution in [0.3, 0.4) is 0 Å². The Morgan fingerprint density at radius 2 is 2.27 bits per heavy atom. The molecule has 80 valence electrons. The van der Waals surface area contributed by atoms with E-state index in [1.807, 2.05) is 0 Å². The maximum Gasteiger partial charge on any atom is 0.128 e. The van der Waals surface area contributed by atoms with Gasteiger partial charge in [-0.05, 0) is 31.0 Å². The minimum absolute atomic E-state index is 0.258. The lowest BCUT2D eigenvalue weighted by Gasteiger charge is -2.12. The van der Waals surface area contributed by atoms with Gasteiger partial charge in [-0.25, -0.2) is 4.39 Å². The first-order valence-electron chi connectivity index (χ1n) is 4.79. The zero-order valence-corrected chi connectivity index (χ0v) is 9.93. The Hall–Kier alpha value is -0.850. The molecule has 1 atom stereocenters. The van der Waals surface area contributed by atoms with E-state index >= 15 is 0 Å². The van der Waals surface area contributed by atoms with Crippen molar-refractivity contribution in [1.82, 2.24) is 0 Å². The Morgan fingerprint density at radius 3 is 2.93 bits per heavy atom. The normalized spacial score (nSPS) is 12.1. The lowest BCUT2D eigenvalue weighted by atomic mass is 10.0. The molecule has 0 aliphatic carbocycles. The molecule has 0 fully saturated rings. The molecule has 0 bridgehead atoms. The van der Waals surface area contributed by atoms with Crippen molar-refractivity contribution in [2.45, 2.75) is 25.3 Å². The average molecular weight is 270 g/mol. The van der Waals surface area contributed by atoms with E-state index in [9.17, 15) is 4.39 Å². The molecule has 0 spiro atoms. The highest BCUT2D eigenvalue weighted by atomic mass is 79.9. The average Bonchev–Trinajstić information content (AvgIpc) is 2.22. The molecule has 1 aromatic rings. The van der Waals surface area contributed by atoms with E-state index in [-0.39, 0.29) is 11.9 Å². The summed E-state index contributed by atoms with van der Waals surface area (Å²) in [4.78, 5) is 0. The van der Waals surface area contributed by atoms with Crippen molar-refractivity contribution in [3.8, 4) is 12.3 Å². The Bertz CT molecular complexity index is 370. The van der Waals surface area contributed by atoms with E-state index in [0.29, 0.717) is 18.4 Å². The van der Waals surface area contributed by atoms with Crippen molar-refractivity contribution in [3.05, 3.63) is 34.1 Å². The molecule has 2 N–H and O–H groups in total. The maximum absolute atomic E-state index is 13.4. The van der Waals surface area contributed by atoms with Crippen LogP contribution < -0.4 is 5.73 Å². The van der Waals surface area contributed by atoms with Gasteiger partial charge >= 0.3 is 0 Å². The van der Waals surface area contributed by atoms with Gasteiger partial charge in [0.2, 0.25) is 0 Å². The van der Waals surface area contributed by atoms with Crippen LogP contribution in [0.1, 0.15) is 30.9 Å². The number of hydrogen-bond donors (Lipinski definition) is 1. The molecule has 0 radical (unpaired) electrons. The van der Waals surface area contributed by atoms with Crippen molar-refractivity contribution in [1.29, 1.82) is 0 Å². The second kappa shape index (κ2) is 5.89. The summed E-state index contributed by atoms with van der Waals surface area (Å²) in [5.74, 6) is 2.28. The van der Waals surface area contributed by atoms with Crippen LogP contribution in [-0.4, -0.2) is 0 Å². The van der Waals surface area contributed by atoms with Crippen LogP contribution in [0, 0.1) is 18.2 Å². The van der Waals surface area contributed by atoms with Gasteiger partial charge < -0.3 is 5.73 Å². The fourth-order valence-corrected chi connectivity index (χ4v) is 1.76. The Kier molecular flexibility index (Phi) is 4.80. The van der Waals surface area contributed by atoms with Gasteiger partial charge in [0.25, 0.3) is 0 Å². The largest absolute Gasteiger partial charge is 0.324 e. The van der Waals surface area contributed by atoms with E-state index in [1.54, 1.807) is 12.1 Å². The van der Waals surface area contributed by atoms with Crippen LogP contribution >= 0.6 is 15.9 Å². The molecule has 0 amide bonds. The predicted octanol–water partition coefficient (Wildman–Crippen LogP) is 3.39. The van der Waals surface area contributed by atoms with Crippen molar-refractivity contribution in [2.75, 3.05) is 0 Å². The topological polar surface area (TPSA) is 26.0 Å². The Morgan fingerprint density at radius 1 is 1.53 bits per heavy atom. The molecule has 0 aliphatic rings. The summed E-state index contributed by atoms with van der Waals surface area (Å²) in [6.45, 7) is 0. The SMILES string of the molecule is C#CCCCC(N)c1cc(Br)ccc1F.